The maximum Gasteiger partial charge on any atom is 0.254 e. The Morgan fingerprint density at radius 2 is 1.09 bits per heavy atom. The number of likely N-dealkylation sites (N-methyl/N-ethyl adjacent to an activating group) is 2. The van der Waals surface area contributed by atoms with Crippen molar-refractivity contribution in [3.8, 4) is 0 Å². The summed E-state index contributed by atoms with van der Waals surface area (Å²) in [7, 11) is 2.97. The summed E-state index contributed by atoms with van der Waals surface area (Å²) in [5.41, 5.74) is 0.594. The minimum atomic E-state index is -0.434. The third-order valence-corrected chi connectivity index (χ3v) is 4.62. The first-order valence-electron chi connectivity index (χ1n) is 10.2. The van der Waals surface area contributed by atoms with Crippen LogP contribution in [0.5, 0.6) is 0 Å². The Morgan fingerprint density at radius 3 is 1.38 bits per heavy atom. The van der Waals surface area contributed by atoms with Crippen LogP contribution in [0.25, 0.3) is 0 Å². The molecule has 0 fully saturated rings. The minimum absolute atomic E-state index is 0.200. The molecule has 3 aromatic rings. The SMILES string of the molecule is Cc1cc(NC(=O)CN(C)C(=O)c2ccc(C(=O)N(C)CC(=O)Nc3cc(C)on3)cc2)no1. The van der Waals surface area contributed by atoms with E-state index < -0.39 is 23.6 Å². The van der Waals surface area contributed by atoms with E-state index in [-0.39, 0.29) is 24.7 Å². The van der Waals surface area contributed by atoms with E-state index in [4.69, 9.17) is 9.05 Å². The van der Waals surface area contributed by atoms with Crippen LogP contribution < -0.4 is 10.6 Å². The van der Waals surface area contributed by atoms with Gasteiger partial charge in [-0.1, -0.05) is 10.3 Å². The van der Waals surface area contributed by atoms with Crippen molar-refractivity contribution in [2.75, 3.05) is 37.8 Å². The minimum Gasteiger partial charge on any atom is -0.360 e. The molecule has 0 saturated carbocycles. The number of rotatable bonds is 8. The average molecular weight is 468 g/mol. The molecule has 4 amide bonds. The number of nitrogens with zero attached hydrogens (tertiary/aromatic N) is 4. The van der Waals surface area contributed by atoms with Crippen molar-refractivity contribution in [1.82, 2.24) is 20.1 Å². The number of hydrogen-bond acceptors (Lipinski definition) is 8. The highest BCUT2D eigenvalue weighted by molar-refractivity contribution is 6.01. The molecule has 3 rings (SSSR count). The van der Waals surface area contributed by atoms with Gasteiger partial charge in [-0.15, -0.1) is 0 Å². The summed E-state index contributed by atoms with van der Waals surface area (Å²) in [5.74, 6) is -0.0489. The fourth-order valence-electron chi connectivity index (χ4n) is 2.99. The lowest BCUT2D eigenvalue weighted by Gasteiger charge is -2.18. The fraction of sp³-hybridized carbons (Fsp3) is 0.273. The molecule has 0 aliphatic carbocycles. The van der Waals surface area contributed by atoms with Crippen molar-refractivity contribution < 1.29 is 28.2 Å². The molecule has 2 aromatic heterocycles. The predicted molar refractivity (Wildman–Crippen MR) is 120 cm³/mol. The molecule has 0 aliphatic heterocycles. The van der Waals surface area contributed by atoms with Gasteiger partial charge in [-0.25, -0.2) is 0 Å². The molecule has 12 heteroatoms. The van der Waals surface area contributed by atoms with Gasteiger partial charge in [0, 0.05) is 37.4 Å². The smallest absolute Gasteiger partial charge is 0.254 e. The molecule has 34 heavy (non-hydrogen) atoms. The summed E-state index contributed by atoms with van der Waals surface area (Å²) in [6, 6.07) is 9.05. The number of anilines is 2. The lowest BCUT2D eigenvalue weighted by Crippen LogP contribution is -2.35. The van der Waals surface area contributed by atoms with Gasteiger partial charge in [0.25, 0.3) is 11.8 Å². The van der Waals surface area contributed by atoms with E-state index >= 15 is 0 Å². The first-order chi connectivity index (χ1) is 16.1. The summed E-state index contributed by atoms with van der Waals surface area (Å²) >= 11 is 0. The van der Waals surface area contributed by atoms with Crippen molar-refractivity contribution >= 4 is 35.3 Å². The number of hydrogen-bond donors (Lipinski definition) is 2. The molecule has 2 heterocycles. The van der Waals surface area contributed by atoms with Gasteiger partial charge in [0.2, 0.25) is 11.8 Å². The summed E-state index contributed by atoms with van der Waals surface area (Å²) in [5, 5.41) is 12.4. The topological polar surface area (TPSA) is 151 Å². The predicted octanol–water partition coefficient (Wildman–Crippen LogP) is 1.70. The van der Waals surface area contributed by atoms with Crippen LogP contribution in [-0.2, 0) is 9.59 Å². The Morgan fingerprint density at radius 1 is 0.735 bits per heavy atom. The third kappa shape index (κ3) is 6.28. The fourth-order valence-corrected chi connectivity index (χ4v) is 2.99. The zero-order valence-electron chi connectivity index (χ0n) is 19.1. The van der Waals surface area contributed by atoms with Crippen LogP contribution in [0.15, 0.2) is 45.4 Å². The van der Waals surface area contributed by atoms with Gasteiger partial charge in [-0.05, 0) is 38.1 Å². The number of benzene rings is 1. The van der Waals surface area contributed by atoms with Gasteiger partial charge in [0.05, 0.1) is 13.1 Å². The number of nitrogens with one attached hydrogen (secondary N) is 2. The van der Waals surface area contributed by atoms with Crippen molar-refractivity contribution in [2.45, 2.75) is 13.8 Å². The van der Waals surface area contributed by atoms with Crippen LogP contribution in [0.1, 0.15) is 32.2 Å². The second-order valence-corrected chi connectivity index (χ2v) is 7.64. The Labute approximate surface area is 194 Å². The van der Waals surface area contributed by atoms with Crippen LogP contribution in [0.2, 0.25) is 0 Å². The quantitative estimate of drug-likeness (QED) is 0.507. The van der Waals surface area contributed by atoms with Crippen molar-refractivity contribution in [3.05, 3.63) is 59.0 Å². The summed E-state index contributed by atoms with van der Waals surface area (Å²) < 4.78 is 9.76. The van der Waals surface area contributed by atoms with E-state index in [9.17, 15) is 19.2 Å². The van der Waals surface area contributed by atoms with Gasteiger partial charge in [-0.3, -0.25) is 19.2 Å². The van der Waals surface area contributed by atoms with E-state index in [2.05, 4.69) is 20.9 Å². The molecule has 0 aliphatic rings. The molecule has 0 spiro atoms. The van der Waals surface area contributed by atoms with Crippen molar-refractivity contribution in [1.29, 1.82) is 0 Å². The van der Waals surface area contributed by atoms with E-state index in [1.165, 1.54) is 48.2 Å². The first-order valence-corrected chi connectivity index (χ1v) is 10.2. The Bertz CT molecular complexity index is 1110. The van der Waals surface area contributed by atoms with Gasteiger partial charge < -0.3 is 29.5 Å². The molecule has 1 aromatic carbocycles. The highest BCUT2D eigenvalue weighted by Gasteiger charge is 2.19. The second-order valence-electron chi connectivity index (χ2n) is 7.64. The molecular formula is C22H24N6O6. The van der Waals surface area contributed by atoms with Crippen LogP contribution in [0.3, 0.4) is 0 Å². The normalized spacial score (nSPS) is 10.5. The zero-order chi connectivity index (χ0) is 24.8. The maximum absolute atomic E-state index is 12.6. The van der Waals surface area contributed by atoms with E-state index in [0.29, 0.717) is 22.6 Å². The standard InChI is InChI=1S/C22H24N6O6/c1-13-9-17(25-33-13)23-19(29)11-27(3)21(31)15-5-7-16(8-6-15)22(32)28(4)12-20(30)24-18-10-14(2)34-26-18/h5-10H,11-12H2,1-4H3,(H,23,25,29)(H,24,26,30). The third-order valence-electron chi connectivity index (χ3n) is 4.62. The monoisotopic (exact) mass is 468 g/mol. The number of aryl methyl sites for hydroxylation is 2. The Hall–Kier alpha value is -4.48. The first kappa shape index (κ1) is 24.2. The van der Waals surface area contributed by atoms with Gasteiger partial charge in [0.15, 0.2) is 11.6 Å². The number of carbonyl (C=O) groups is 4. The average Bonchev–Trinajstić information content (AvgIpc) is 3.39. The van der Waals surface area contributed by atoms with Crippen LogP contribution in [0, 0.1) is 13.8 Å². The van der Waals surface area contributed by atoms with Crippen LogP contribution in [-0.4, -0.2) is 70.9 Å². The molecule has 12 nitrogen and oxygen atoms in total. The van der Waals surface area contributed by atoms with Gasteiger partial charge in [-0.2, -0.15) is 0 Å². The van der Waals surface area contributed by atoms with E-state index in [0.717, 1.165) is 0 Å². The van der Waals surface area contributed by atoms with Crippen LogP contribution in [0.4, 0.5) is 11.6 Å². The van der Waals surface area contributed by atoms with Crippen molar-refractivity contribution in [2.24, 2.45) is 0 Å². The van der Waals surface area contributed by atoms with Crippen LogP contribution >= 0.6 is 0 Å². The Balaban J connectivity index is 1.53. The summed E-state index contributed by atoms with van der Waals surface area (Å²) in [6.07, 6.45) is 0. The molecule has 2 N–H and O–H groups in total. The lowest BCUT2D eigenvalue weighted by atomic mass is 10.1. The van der Waals surface area contributed by atoms with Gasteiger partial charge >= 0.3 is 0 Å². The maximum atomic E-state index is 12.6. The highest BCUT2D eigenvalue weighted by atomic mass is 16.5. The molecule has 0 saturated heterocycles. The lowest BCUT2D eigenvalue weighted by molar-refractivity contribution is -0.117. The molecular weight excluding hydrogens is 444 g/mol. The second kappa shape index (κ2) is 10.4. The Kier molecular flexibility index (Phi) is 7.41. The molecule has 0 unspecified atom stereocenters. The summed E-state index contributed by atoms with van der Waals surface area (Å²) in [6.45, 7) is 2.99. The largest absolute Gasteiger partial charge is 0.360 e. The highest BCUT2D eigenvalue weighted by Crippen LogP contribution is 2.11. The number of aromatic nitrogens is 2. The zero-order valence-corrected chi connectivity index (χ0v) is 19.1. The molecule has 0 bridgehead atoms. The summed E-state index contributed by atoms with van der Waals surface area (Å²) in [4.78, 5) is 51.9. The molecule has 0 radical (unpaired) electrons. The van der Waals surface area contributed by atoms with E-state index in [1.54, 1.807) is 26.0 Å². The molecule has 0 atom stereocenters. The number of carbonyl (C=O) groups excluding carboxylic acids is 4. The number of amides is 4. The van der Waals surface area contributed by atoms with Crippen molar-refractivity contribution in [3.63, 3.8) is 0 Å². The molecule has 178 valence electrons. The van der Waals surface area contributed by atoms with Gasteiger partial charge in [0.1, 0.15) is 11.5 Å². The van der Waals surface area contributed by atoms with E-state index in [1.807, 2.05) is 0 Å².